The molecule has 0 radical (unpaired) electrons. The average molecular weight is 226 g/mol. The molecule has 2 aliphatic heterocycles. The smallest absolute Gasteiger partial charge is 0.427 e. The van der Waals surface area contributed by atoms with Crippen molar-refractivity contribution < 1.29 is 9.90 Å². The van der Waals surface area contributed by atoms with E-state index in [4.69, 9.17) is 17.3 Å². The second-order valence-electron chi connectivity index (χ2n) is 3.28. The molecule has 2 aliphatic rings. The molecule has 0 fully saturated rings. The molecule has 3 N–H and O–H groups in total. The Morgan fingerprint density at radius 3 is 2.80 bits per heavy atom. The summed E-state index contributed by atoms with van der Waals surface area (Å²) in [7, 11) is 0. The van der Waals surface area contributed by atoms with Crippen molar-refractivity contribution in [3.8, 4) is 0 Å². The van der Waals surface area contributed by atoms with Gasteiger partial charge in [-0.3, -0.25) is 0 Å². The fourth-order valence-corrected chi connectivity index (χ4v) is 1.62. The molecule has 0 aromatic rings. The lowest BCUT2D eigenvalue weighted by atomic mass is 10.2. The number of nitrogens with zero attached hydrogens (tertiary/aromatic N) is 2. The van der Waals surface area contributed by atoms with Crippen LogP contribution < -0.4 is 10.9 Å². The van der Waals surface area contributed by atoms with E-state index in [2.05, 4.69) is 10.9 Å². The molecule has 0 unspecified atom stereocenters. The molecule has 80 valence electrons. The molecule has 0 aromatic heterocycles. The molecule has 0 aliphatic carbocycles. The van der Waals surface area contributed by atoms with Crippen LogP contribution in [0.5, 0.6) is 0 Å². The Morgan fingerprint density at radius 2 is 2.20 bits per heavy atom. The van der Waals surface area contributed by atoms with Crippen LogP contribution in [-0.2, 0) is 0 Å². The van der Waals surface area contributed by atoms with Crippen LogP contribution in [0.25, 0.3) is 0 Å². The zero-order valence-corrected chi connectivity index (χ0v) is 9.05. The van der Waals surface area contributed by atoms with E-state index < -0.39 is 6.09 Å². The molecule has 6 nitrogen and oxygen atoms in total. The van der Waals surface area contributed by atoms with Gasteiger partial charge in [-0.15, -0.1) is 5.53 Å². The number of rotatable bonds is 0. The number of thiocarbonyl (C=S) groups is 1. The summed E-state index contributed by atoms with van der Waals surface area (Å²) < 4.78 is 0. The van der Waals surface area contributed by atoms with Crippen molar-refractivity contribution in [3.63, 3.8) is 0 Å². The van der Waals surface area contributed by atoms with E-state index in [-0.39, 0.29) is 0 Å². The van der Waals surface area contributed by atoms with Crippen LogP contribution in [0.3, 0.4) is 0 Å². The molecule has 0 saturated heterocycles. The number of hydrogen-bond acceptors (Lipinski definition) is 4. The zero-order valence-electron chi connectivity index (χ0n) is 8.24. The van der Waals surface area contributed by atoms with Gasteiger partial charge in [0.25, 0.3) is 0 Å². The number of carboxylic acid groups (broad SMARTS) is 1. The molecular weight excluding hydrogens is 216 g/mol. The normalized spacial score (nSPS) is 20.1. The van der Waals surface area contributed by atoms with E-state index in [0.29, 0.717) is 10.8 Å². The first-order valence-corrected chi connectivity index (χ1v) is 4.71. The number of amides is 1. The van der Waals surface area contributed by atoms with Crippen molar-refractivity contribution in [2.75, 3.05) is 0 Å². The first kappa shape index (κ1) is 9.94. The lowest BCUT2D eigenvalue weighted by Crippen LogP contribution is -2.49. The van der Waals surface area contributed by atoms with Crippen molar-refractivity contribution in [1.82, 2.24) is 20.9 Å². The standard InChI is InChI=1S/C8H10N4O2S/c1-4-5(2)9-6-3-11(8(13)14)10-12(6)7(4)15/h3,9-10H,1-2H3,(H,13,14). The maximum atomic E-state index is 10.7. The van der Waals surface area contributed by atoms with Crippen LogP contribution >= 0.6 is 12.2 Å². The molecule has 1 amide bonds. The average Bonchev–Trinajstić information content (AvgIpc) is 2.58. The summed E-state index contributed by atoms with van der Waals surface area (Å²) in [6.07, 6.45) is 0.349. The number of carbonyl (C=O) groups is 1. The van der Waals surface area contributed by atoms with Gasteiger partial charge in [0.1, 0.15) is 10.8 Å². The monoisotopic (exact) mass is 226 g/mol. The Kier molecular flexibility index (Phi) is 2.13. The number of hydrazine groups is 2. The van der Waals surface area contributed by atoms with Crippen LogP contribution in [0, 0.1) is 0 Å². The van der Waals surface area contributed by atoms with Crippen LogP contribution in [0.1, 0.15) is 13.8 Å². The third-order valence-electron chi connectivity index (χ3n) is 2.31. The largest absolute Gasteiger partial charge is 0.464 e. The minimum atomic E-state index is -1.09. The van der Waals surface area contributed by atoms with E-state index >= 15 is 0 Å². The zero-order chi connectivity index (χ0) is 11.2. The highest BCUT2D eigenvalue weighted by Gasteiger charge is 2.31. The molecule has 2 heterocycles. The number of nitrogens with one attached hydrogen (secondary N) is 2. The van der Waals surface area contributed by atoms with Gasteiger partial charge < -0.3 is 10.4 Å². The molecule has 7 heteroatoms. The van der Waals surface area contributed by atoms with Crippen molar-refractivity contribution in [2.24, 2.45) is 0 Å². The van der Waals surface area contributed by atoms with Gasteiger partial charge in [-0.1, -0.05) is 12.2 Å². The van der Waals surface area contributed by atoms with Gasteiger partial charge in [-0.05, 0) is 13.8 Å². The summed E-state index contributed by atoms with van der Waals surface area (Å²) in [5.41, 5.74) is 4.48. The molecule has 15 heavy (non-hydrogen) atoms. The van der Waals surface area contributed by atoms with E-state index in [0.717, 1.165) is 16.3 Å². The van der Waals surface area contributed by atoms with Gasteiger partial charge >= 0.3 is 6.09 Å². The molecule has 0 atom stereocenters. The predicted octanol–water partition coefficient (Wildman–Crippen LogP) is 0.725. The van der Waals surface area contributed by atoms with Gasteiger partial charge in [0.2, 0.25) is 0 Å². The van der Waals surface area contributed by atoms with E-state index in [9.17, 15) is 4.79 Å². The predicted molar refractivity (Wildman–Crippen MR) is 57.0 cm³/mol. The van der Waals surface area contributed by atoms with Crippen LogP contribution in [0.15, 0.2) is 23.3 Å². The Morgan fingerprint density at radius 1 is 1.53 bits per heavy atom. The maximum absolute atomic E-state index is 10.7. The lowest BCUT2D eigenvalue weighted by molar-refractivity contribution is 0.126. The molecule has 2 rings (SSSR count). The maximum Gasteiger partial charge on any atom is 0.427 e. The van der Waals surface area contributed by atoms with Gasteiger partial charge in [-0.2, -0.15) is 5.01 Å². The second kappa shape index (κ2) is 3.21. The SMILES string of the molecule is CC1=C(C)C(=S)N2NN(C(=O)O)C=C2N1. The summed E-state index contributed by atoms with van der Waals surface area (Å²) in [6, 6.07) is 0. The van der Waals surface area contributed by atoms with Gasteiger partial charge in [-0.25, -0.2) is 9.80 Å². The number of fused-ring (bicyclic) bond motifs is 1. The van der Waals surface area contributed by atoms with E-state index in [1.165, 1.54) is 11.2 Å². The minimum absolute atomic E-state index is 0.571. The third kappa shape index (κ3) is 1.45. The fraction of sp³-hybridized carbons (Fsp3) is 0.250. The molecule has 0 aromatic carbocycles. The second-order valence-corrected chi connectivity index (χ2v) is 3.67. The van der Waals surface area contributed by atoms with Crippen molar-refractivity contribution in [2.45, 2.75) is 13.8 Å². The van der Waals surface area contributed by atoms with Crippen molar-refractivity contribution >= 4 is 23.3 Å². The molecule has 0 spiro atoms. The first-order valence-electron chi connectivity index (χ1n) is 4.30. The summed E-state index contributed by atoms with van der Waals surface area (Å²) >= 11 is 5.19. The van der Waals surface area contributed by atoms with Crippen LogP contribution in [0.4, 0.5) is 4.79 Å². The van der Waals surface area contributed by atoms with Crippen molar-refractivity contribution in [1.29, 1.82) is 0 Å². The summed E-state index contributed by atoms with van der Waals surface area (Å²) in [6.45, 7) is 3.77. The summed E-state index contributed by atoms with van der Waals surface area (Å²) in [5, 5.41) is 14.3. The lowest BCUT2D eigenvalue weighted by Gasteiger charge is -2.29. The molecule has 0 saturated carbocycles. The van der Waals surface area contributed by atoms with Crippen molar-refractivity contribution in [3.05, 3.63) is 23.3 Å². The van der Waals surface area contributed by atoms with Gasteiger partial charge in [0.15, 0.2) is 0 Å². The van der Waals surface area contributed by atoms with Gasteiger partial charge in [0, 0.05) is 11.3 Å². The summed E-state index contributed by atoms with van der Waals surface area (Å²) in [5.74, 6) is 0.616. The molecular formula is C8H10N4O2S. The fourth-order valence-electron chi connectivity index (χ4n) is 1.33. The summed E-state index contributed by atoms with van der Waals surface area (Å²) in [4.78, 5) is 11.3. The Bertz CT molecular complexity index is 415. The highest BCUT2D eigenvalue weighted by molar-refractivity contribution is 7.80. The number of hydrogen-bond donors (Lipinski definition) is 3. The Labute approximate surface area is 91.8 Å². The Hall–Kier alpha value is -1.60. The third-order valence-corrected chi connectivity index (χ3v) is 2.80. The van der Waals surface area contributed by atoms with Crippen LogP contribution in [0.2, 0.25) is 0 Å². The Balaban J connectivity index is 2.31. The highest BCUT2D eigenvalue weighted by Crippen LogP contribution is 2.21. The van der Waals surface area contributed by atoms with E-state index in [1.807, 2.05) is 13.8 Å². The quantitative estimate of drug-likeness (QED) is 0.529. The van der Waals surface area contributed by atoms with Gasteiger partial charge in [0.05, 0.1) is 6.20 Å². The first-order chi connectivity index (χ1) is 7.00. The topological polar surface area (TPSA) is 67.8 Å². The van der Waals surface area contributed by atoms with E-state index in [1.54, 1.807) is 0 Å². The molecule has 0 bridgehead atoms. The minimum Gasteiger partial charge on any atom is -0.464 e. The van der Waals surface area contributed by atoms with Crippen LogP contribution in [-0.4, -0.2) is 26.2 Å². The highest BCUT2D eigenvalue weighted by atomic mass is 32.1. The number of allylic oxidation sites excluding steroid dienone is 1.